The number of benzene rings is 2. The number of carbonyl (C=O) groups is 1. The van der Waals surface area contributed by atoms with Crippen LogP contribution >= 0.6 is 0 Å². The van der Waals surface area contributed by atoms with Crippen molar-refractivity contribution in [3.63, 3.8) is 0 Å². The van der Waals surface area contributed by atoms with E-state index in [1.807, 2.05) is 12.1 Å². The molecule has 2 aromatic carbocycles. The van der Waals surface area contributed by atoms with Crippen molar-refractivity contribution in [2.75, 3.05) is 19.0 Å². The molecule has 0 aliphatic heterocycles. The van der Waals surface area contributed by atoms with Gasteiger partial charge >= 0.3 is 0 Å². The summed E-state index contributed by atoms with van der Waals surface area (Å²) in [7, 11) is -1.99. The fraction of sp³-hybridized carbons (Fsp3) is 0.105. The Morgan fingerprint density at radius 1 is 1.12 bits per heavy atom. The molecule has 0 bridgehead atoms. The Morgan fingerprint density at radius 2 is 1.77 bits per heavy atom. The van der Waals surface area contributed by atoms with Crippen molar-refractivity contribution in [2.45, 2.75) is 4.90 Å². The number of hydrogen-bond donors (Lipinski definition) is 2. The van der Waals surface area contributed by atoms with Gasteiger partial charge in [0.1, 0.15) is 5.75 Å². The van der Waals surface area contributed by atoms with Crippen LogP contribution in [0.4, 0.5) is 5.69 Å². The molecule has 0 saturated heterocycles. The fourth-order valence-electron chi connectivity index (χ4n) is 2.04. The molecule has 0 spiro atoms. The number of methoxy groups -OCH3 is 1. The highest BCUT2D eigenvalue weighted by atomic mass is 32.2. The second-order valence-corrected chi connectivity index (χ2v) is 7.03. The van der Waals surface area contributed by atoms with E-state index < -0.39 is 10.0 Å². The van der Waals surface area contributed by atoms with Crippen molar-refractivity contribution in [3.05, 3.63) is 72.8 Å². The van der Waals surface area contributed by atoms with Crippen LogP contribution in [0.25, 0.3) is 6.08 Å². The second-order valence-electron chi connectivity index (χ2n) is 5.26. The maximum atomic E-state index is 12.0. The summed E-state index contributed by atoms with van der Waals surface area (Å²) in [4.78, 5) is 12.1. The summed E-state index contributed by atoms with van der Waals surface area (Å²) < 4.78 is 31.4. The van der Waals surface area contributed by atoms with E-state index in [1.54, 1.807) is 25.3 Å². The van der Waals surface area contributed by atoms with Crippen LogP contribution in [0.15, 0.2) is 72.2 Å². The number of hydrogen-bond acceptors (Lipinski definition) is 4. The minimum atomic E-state index is -3.58. The zero-order valence-corrected chi connectivity index (χ0v) is 15.1. The van der Waals surface area contributed by atoms with E-state index in [0.717, 1.165) is 11.3 Å². The highest BCUT2D eigenvalue weighted by Crippen LogP contribution is 2.15. The van der Waals surface area contributed by atoms with Crippen molar-refractivity contribution in [1.82, 2.24) is 4.72 Å². The lowest BCUT2D eigenvalue weighted by Gasteiger charge is -2.06. The van der Waals surface area contributed by atoms with Crippen molar-refractivity contribution in [3.8, 4) is 5.75 Å². The summed E-state index contributed by atoms with van der Waals surface area (Å²) in [6.07, 6.45) is 4.53. The summed E-state index contributed by atoms with van der Waals surface area (Å²) in [5, 5.41) is 2.67. The van der Waals surface area contributed by atoms with Crippen LogP contribution in [0.2, 0.25) is 0 Å². The molecule has 6 nitrogen and oxygen atoms in total. The summed E-state index contributed by atoms with van der Waals surface area (Å²) in [5.74, 6) is 0.422. The van der Waals surface area contributed by atoms with Gasteiger partial charge in [0.2, 0.25) is 15.9 Å². The van der Waals surface area contributed by atoms with E-state index in [9.17, 15) is 13.2 Å². The van der Waals surface area contributed by atoms with Gasteiger partial charge in [-0.15, -0.1) is 6.58 Å². The second kappa shape index (κ2) is 8.98. The Hall–Kier alpha value is -2.90. The predicted octanol–water partition coefficient (Wildman–Crippen LogP) is 2.81. The highest BCUT2D eigenvalue weighted by molar-refractivity contribution is 7.89. The third-order valence-corrected chi connectivity index (χ3v) is 4.83. The summed E-state index contributed by atoms with van der Waals surface area (Å²) in [6, 6.07) is 13.2. The van der Waals surface area contributed by atoms with E-state index in [1.165, 1.54) is 36.4 Å². The van der Waals surface area contributed by atoms with Crippen LogP contribution in [0.5, 0.6) is 5.75 Å². The Bertz CT molecular complexity index is 886. The third-order valence-electron chi connectivity index (χ3n) is 3.39. The average Bonchev–Trinajstić information content (AvgIpc) is 2.65. The number of carbonyl (C=O) groups excluding carboxylic acids is 1. The lowest BCUT2D eigenvalue weighted by molar-refractivity contribution is -0.111. The normalized spacial score (nSPS) is 11.3. The number of rotatable bonds is 8. The zero-order valence-electron chi connectivity index (χ0n) is 14.3. The van der Waals surface area contributed by atoms with Crippen LogP contribution in [0, 0.1) is 0 Å². The summed E-state index contributed by atoms with van der Waals surface area (Å²) in [6.45, 7) is 3.61. The Kier molecular flexibility index (Phi) is 6.71. The van der Waals surface area contributed by atoms with Crippen LogP contribution in [-0.4, -0.2) is 28.0 Å². The van der Waals surface area contributed by atoms with E-state index >= 15 is 0 Å². The predicted molar refractivity (Wildman–Crippen MR) is 102 cm³/mol. The monoisotopic (exact) mass is 372 g/mol. The van der Waals surface area contributed by atoms with Crippen LogP contribution in [0.1, 0.15) is 5.56 Å². The fourth-order valence-corrected chi connectivity index (χ4v) is 3.04. The maximum absolute atomic E-state index is 12.0. The topological polar surface area (TPSA) is 84.5 Å². The Balaban J connectivity index is 1.98. The van der Waals surface area contributed by atoms with E-state index in [4.69, 9.17) is 4.74 Å². The smallest absolute Gasteiger partial charge is 0.248 e. The quantitative estimate of drug-likeness (QED) is 0.551. The average molecular weight is 372 g/mol. The molecule has 7 heteroatoms. The molecule has 0 unspecified atom stereocenters. The first-order valence-electron chi connectivity index (χ1n) is 7.78. The van der Waals surface area contributed by atoms with Crippen LogP contribution in [0.3, 0.4) is 0 Å². The Labute approximate surface area is 153 Å². The zero-order chi connectivity index (χ0) is 19.0. The number of sulfonamides is 1. The van der Waals surface area contributed by atoms with Gasteiger partial charge in [-0.1, -0.05) is 18.2 Å². The molecule has 0 heterocycles. The van der Waals surface area contributed by atoms with Gasteiger partial charge in [0, 0.05) is 18.3 Å². The van der Waals surface area contributed by atoms with Gasteiger partial charge in [0.05, 0.1) is 12.0 Å². The number of amides is 1. The number of anilines is 1. The lowest BCUT2D eigenvalue weighted by atomic mass is 10.2. The standard InChI is InChI=1S/C19H20N2O4S/c1-3-14-20-26(23,24)18-11-7-16(8-12-18)21-19(22)13-6-15-4-9-17(25-2)10-5-15/h3-13,20H,1,14H2,2H3,(H,21,22). The molecule has 2 rings (SSSR count). The number of nitrogens with one attached hydrogen (secondary N) is 2. The first-order chi connectivity index (χ1) is 12.4. The third kappa shape index (κ3) is 5.58. The maximum Gasteiger partial charge on any atom is 0.248 e. The minimum Gasteiger partial charge on any atom is -0.497 e. The lowest BCUT2D eigenvalue weighted by Crippen LogP contribution is -2.23. The summed E-state index contributed by atoms with van der Waals surface area (Å²) >= 11 is 0. The molecule has 0 aromatic heterocycles. The van der Waals surface area contributed by atoms with Gasteiger partial charge in [-0.25, -0.2) is 13.1 Å². The molecular formula is C19H20N2O4S. The first-order valence-corrected chi connectivity index (χ1v) is 9.26. The van der Waals surface area contributed by atoms with Gasteiger partial charge in [0.25, 0.3) is 0 Å². The highest BCUT2D eigenvalue weighted by Gasteiger charge is 2.12. The molecule has 1 amide bonds. The molecule has 0 aliphatic rings. The van der Waals surface area contributed by atoms with Crippen molar-refractivity contribution in [1.29, 1.82) is 0 Å². The van der Waals surface area contributed by atoms with Gasteiger partial charge in [-0.2, -0.15) is 0 Å². The van der Waals surface area contributed by atoms with Gasteiger partial charge < -0.3 is 10.1 Å². The van der Waals surface area contributed by atoms with Crippen LogP contribution in [-0.2, 0) is 14.8 Å². The molecule has 2 N–H and O–H groups in total. The SMILES string of the molecule is C=CCNS(=O)(=O)c1ccc(NC(=O)C=Cc2ccc(OC)cc2)cc1. The van der Waals surface area contributed by atoms with E-state index in [0.29, 0.717) is 5.69 Å². The molecule has 0 radical (unpaired) electrons. The summed E-state index contributed by atoms with van der Waals surface area (Å²) in [5.41, 5.74) is 1.35. The first kappa shape index (κ1) is 19.4. The van der Waals surface area contributed by atoms with Crippen LogP contribution < -0.4 is 14.8 Å². The van der Waals surface area contributed by atoms with Crippen molar-refractivity contribution >= 4 is 27.7 Å². The van der Waals surface area contributed by atoms with Gasteiger partial charge in [-0.05, 0) is 48.0 Å². The largest absolute Gasteiger partial charge is 0.497 e. The van der Waals surface area contributed by atoms with Gasteiger partial charge in [-0.3, -0.25) is 4.79 Å². The Morgan fingerprint density at radius 3 is 2.35 bits per heavy atom. The molecule has 0 fully saturated rings. The molecule has 0 atom stereocenters. The van der Waals surface area contributed by atoms with Gasteiger partial charge in [0.15, 0.2) is 0 Å². The van der Waals surface area contributed by atoms with E-state index in [-0.39, 0.29) is 17.3 Å². The molecular weight excluding hydrogens is 352 g/mol. The molecule has 0 aliphatic carbocycles. The van der Waals surface area contributed by atoms with E-state index in [2.05, 4.69) is 16.6 Å². The molecule has 2 aromatic rings. The molecule has 136 valence electrons. The number of ether oxygens (including phenoxy) is 1. The minimum absolute atomic E-state index is 0.117. The molecule has 26 heavy (non-hydrogen) atoms. The molecule has 0 saturated carbocycles. The van der Waals surface area contributed by atoms with Crippen molar-refractivity contribution < 1.29 is 17.9 Å². The van der Waals surface area contributed by atoms with Crippen molar-refractivity contribution in [2.24, 2.45) is 0 Å².